The molecule has 2 heterocycles. The fourth-order valence-electron chi connectivity index (χ4n) is 2.21. The van der Waals surface area contributed by atoms with Crippen LogP contribution in [0.15, 0.2) is 24.4 Å². The van der Waals surface area contributed by atoms with Gasteiger partial charge in [0.15, 0.2) is 0 Å². The van der Waals surface area contributed by atoms with Crippen LogP contribution < -0.4 is 10.6 Å². The van der Waals surface area contributed by atoms with Crippen molar-refractivity contribution in [3.8, 4) is 0 Å². The summed E-state index contributed by atoms with van der Waals surface area (Å²) in [4.78, 5) is 12.0. The van der Waals surface area contributed by atoms with E-state index in [1.807, 2.05) is 30.0 Å². The van der Waals surface area contributed by atoms with Gasteiger partial charge in [-0.25, -0.2) is 0 Å². The van der Waals surface area contributed by atoms with E-state index in [-0.39, 0.29) is 11.9 Å². The molecule has 3 rings (SSSR count). The Hall–Kier alpha value is -1.53. The first kappa shape index (κ1) is 12.5. The third kappa shape index (κ3) is 3.08. The highest BCUT2D eigenvalue weighted by molar-refractivity contribution is 7.99. The third-order valence-electron chi connectivity index (χ3n) is 3.15. The zero-order chi connectivity index (χ0) is 13.1. The summed E-state index contributed by atoms with van der Waals surface area (Å²) >= 11 is 1.90. The van der Waals surface area contributed by atoms with E-state index in [1.54, 1.807) is 6.20 Å². The number of aromatic amines is 1. The molecular formula is C13H16N4OS. The van der Waals surface area contributed by atoms with Crippen molar-refractivity contribution >= 4 is 34.3 Å². The van der Waals surface area contributed by atoms with Crippen molar-refractivity contribution in [2.75, 3.05) is 23.4 Å². The average Bonchev–Trinajstić information content (AvgIpc) is 2.87. The maximum Gasteiger partial charge on any atom is 0.225 e. The number of rotatable bonds is 3. The number of aromatic nitrogens is 2. The fraction of sp³-hybridized carbons (Fsp3) is 0.385. The Labute approximate surface area is 115 Å². The number of anilines is 1. The van der Waals surface area contributed by atoms with Gasteiger partial charge in [-0.3, -0.25) is 9.89 Å². The molecule has 1 saturated heterocycles. The van der Waals surface area contributed by atoms with Gasteiger partial charge in [-0.1, -0.05) is 0 Å². The number of hydrogen-bond acceptors (Lipinski definition) is 4. The Morgan fingerprint density at radius 1 is 1.53 bits per heavy atom. The van der Waals surface area contributed by atoms with Crippen LogP contribution in [0.25, 0.3) is 10.9 Å². The molecule has 3 N–H and O–H groups in total. The van der Waals surface area contributed by atoms with Crippen molar-refractivity contribution in [1.29, 1.82) is 0 Å². The highest BCUT2D eigenvalue weighted by Gasteiger charge is 2.16. The molecule has 1 amide bonds. The molecular weight excluding hydrogens is 260 g/mol. The van der Waals surface area contributed by atoms with Gasteiger partial charge in [0.05, 0.1) is 11.7 Å². The fourth-order valence-corrected chi connectivity index (χ4v) is 3.16. The smallest absolute Gasteiger partial charge is 0.225 e. The predicted octanol–water partition coefficient (Wildman–Crippen LogP) is 1.60. The molecule has 1 atom stereocenters. The average molecular weight is 276 g/mol. The van der Waals surface area contributed by atoms with Crippen LogP contribution in [0.5, 0.6) is 0 Å². The summed E-state index contributed by atoms with van der Waals surface area (Å²) in [6, 6.07) is 6.03. The number of nitrogens with one attached hydrogen (secondary N) is 3. The Balaban J connectivity index is 1.61. The highest BCUT2D eigenvalue weighted by atomic mass is 32.2. The molecule has 2 aromatic rings. The molecule has 1 fully saturated rings. The molecule has 0 saturated carbocycles. The maximum atomic E-state index is 12.0. The third-order valence-corrected chi connectivity index (χ3v) is 4.29. The number of carbonyl (C=O) groups is 1. The number of H-pyrrole nitrogens is 1. The lowest BCUT2D eigenvalue weighted by Crippen LogP contribution is -2.39. The van der Waals surface area contributed by atoms with Gasteiger partial charge in [0.25, 0.3) is 0 Å². The second kappa shape index (κ2) is 5.63. The van der Waals surface area contributed by atoms with Crippen molar-refractivity contribution in [2.45, 2.75) is 12.5 Å². The number of benzene rings is 1. The highest BCUT2D eigenvalue weighted by Crippen LogP contribution is 2.17. The molecule has 0 bridgehead atoms. The normalized spacial score (nSPS) is 19.5. The number of nitrogens with zero attached hydrogens (tertiary/aromatic N) is 1. The number of amides is 1. The maximum absolute atomic E-state index is 12.0. The van der Waals surface area contributed by atoms with Gasteiger partial charge in [-0.2, -0.15) is 16.9 Å². The van der Waals surface area contributed by atoms with Crippen LogP contribution >= 0.6 is 11.8 Å². The Kier molecular flexibility index (Phi) is 3.70. The predicted molar refractivity (Wildman–Crippen MR) is 78.5 cm³/mol. The van der Waals surface area contributed by atoms with Crippen LogP contribution in [0.2, 0.25) is 0 Å². The minimum absolute atomic E-state index is 0.0582. The number of fused-ring (bicyclic) bond motifs is 1. The summed E-state index contributed by atoms with van der Waals surface area (Å²) in [6.45, 7) is 0.990. The Bertz CT molecular complexity index is 577. The Morgan fingerprint density at radius 2 is 2.47 bits per heavy atom. The van der Waals surface area contributed by atoms with Crippen molar-refractivity contribution in [1.82, 2.24) is 15.5 Å². The summed E-state index contributed by atoms with van der Waals surface area (Å²) in [6.07, 6.45) is 2.28. The van der Waals surface area contributed by atoms with Crippen LogP contribution in [0, 0.1) is 0 Å². The second-order valence-electron chi connectivity index (χ2n) is 4.65. The van der Waals surface area contributed by atoms with Gasteiger partial charge in [0.1, 0.15) is 0 Å². The first-order valence-corrected chi connectivity index (χ1v) is 7.51. The molecule has 0 spiro atoms. The lowest BCUT2D eigenvalue weighted by molar-refractivity contribution is -0.116. The molecule has 19 heavy (non-hydrogen) atoms. The summed E-state index contributed by atoms with van der Waals surface area (Å²) in [5, 5.41) is 14.2. The summed E-state index contributed by atoms with van der Waals surface area (Å²) < 4.78 is 0. The first-order chi connectivity index (χ1) is 9.31. The van der Waals surface area contributed by atoms with E-state index in [0.717, 1.165) is 34.6 Å². The van der Waals surface area contributed by atoms with Crippen molar-refractivity contribution in [2.24, 2.45) is 0 Å². The molecule has 1 aliphatic rings. The first-order valence-electron chi connectivity index (χ1n) is 6.35. The monoisotopic (exact) mass is 276 g/mol. The van der Waals surface area contributed by atoms with E-state index in [4.69, 9.17) is 0 Å². The summed E-state index contributed by atoms with van der Waals surface area (Å²) in [5.41, 5.74) is 1.80. The number of carbonyl (C=O) groups excluding carboxylic acids is 1. The van der Waals surface area contributed by atoms with E-state index in [2.05, 4.69) is 20.8 Å². The van der Waals surface area contributed by atoms with E-state index in [1.165, 1.54) is 0 Å². The molecule has 1 aromatic carbocycles. The molecule has 1 aromatic heterocycles. The standard InChI is InChI=1S/C13H16N4OS/c18-13(6-11-8-19-4-3-14-11)16-10-1-2-12-9(5-10)7-15-17-12/h1-2,5,7,11,14H,3-4,6,8H2,(H,15,17)(H,16,18). The molecule has 100 valence electrons. The van der Waals surface area contributed by atoms with Gasteiger partial charge in [-0.15, -0.1) is 0 Å². The number of hydrogen-bond donors (Lipinski definition) is 3. The van der Waals surface area contributed by atoms with Crippen LogP contribution in [-0.4, -0.2) is 40.2 Å². The molecule has 1 unspecified atom stereocenters. The lowest BCUT2D eigenvalue weighted by Gasteiger charge is -2.22. The molecule has 0 radical (unpaired) electrons. The van der Waals surface area contributed by atoms with E-state index >= 15 is 0 Å². The molecule has 0 aliphatic carbocycles. The molecule has 6 heteroatoms. The van der Waals surface area contributed by atoms with Crippen LogP contribution in [-0.2, 0) is 4.79 Å². The second-order valence-corrected chi connectivity index (χ2v) is 5.80. The van der Waals surface area contributed by atoms with Gasteiger partial charge >= 0.3 is 0 Å². The van der Waals surface area contributed by atoms with E-state index in [9.17, 15) is 4.79 Å². The number of thioether (sulfide) groups is 1. The zero-order valence-corrected chi connectivity index (χ0v) is 11.3. The molecule has 5 nitrogen and oxygen atoms in total. The van der Waals surface area contributed by atoms with E-state index < -0.39 is 0 Å². The lowest BCUT2D eigenvalue weighted by atomic mass is 10.2. The van der Waals surface area contributed by atoms with Crippen molar-refractivity contribution in [3.05, 3.63) is 24.4 Å². The van der Waals surface area contributed by atoms with E-state index in [0.29, 0.717) is 6.42 Å². The van der Waals surface area contributed by atoms with Crippen LogP contribution in [0.3, 0.4) is 0 Å². The quantitative estimate of drug-likeness (QED) is 0.796. The van der Waals surface area contributed by atoms with Gasteiger partial charge in [0, 0.05) is 41.6 Å². The minimum atomic E-state index is 0.0582. The zero-order valence-electron chi connectivity index (χ0n) is 10.5. The Morgan fingerprint density at radius 3 is 3.32 bits per heavy atom. The van der Waals surface area contributed by atoms with Crippen LogP contribution in [0.4, 0.5) is 5.69 Å². The topological polar surface area (TPSA) is 69.8 Å². The van der Waals surface area contributed by atoms with Gasteiger partial charge in [-0.05, 0) is 18.2 Å². The van der Waals surface area contributed by atoms with Gasteiger partial charge < -0.3 is 10.6 Å². The largest absolute Gasteiger partial charge is 0.326 e. The van der Waals surface area contributed by atoms with Crippen molar-refractivity contribution < 1.29 is 4.79 Å². The van der Waals surface area contributed by atoms with Crippen LogP contribution in [0.1, 0.15) is 6.42 Å². The SMILES string of the molecule is O=C(CC1CSCCN1)Nc1ccc2[nH]ncc2c1. The van der Waals surface area contributed by atoms with Crippen molar-refractivity contribution in [3.63, 3.8) is 0 Å². The van der Waals surface area contributed by atoms with Gasteiger partial charge in [0.2, 0.25) is 5.91 Å². The summed E-state index contributed by atoms with van der Waals surface area (Å²) in [7, 11) is 0. The minimum Gasteiger partial charge on any atom is -0.326 e. The molecule has 1 aliphatic heterocycles. The summed E-state index contributed by atoms with van der Waals surface area (Å²) in [5.74, 6) is 2.20.